The van der Waals surface area contributed by atoms with Crippen LogP contribution < -0.4 is 14.8 Å². The molecular weight excluding hydrogens is 322 g/mol. The van der Waals surface area contributed by atoms with Crippen LogP contribution in [0.3, 0.4) is 0 Å². The predicted molar refractivity (Wildman–Crippen MR) is 98.7 cm³/mol. The average molecular weight is 345 g/mol. The number of hydrogen-bond donors (Lipinski definition) is 1. The first-order chi connectivity index (χ1) is 11.8. The van der Waals surface area contributed by atoms with Crippen molar-refractivity contribution in [3.05, 3.63) is 60.2 Å². The molecule has 0 fully saturated rings. The average Bonchev–Trinajstić information content (AvgIpc) is 2.64. The number of carbonyl (C=O) groups excluding carboxylic acids is 1. The van der Waals surface area contributed by atoms with Gasteiger partial charge < -0.3 is 14.8 Å². The molecule has 0 spiro atoms. The Morgan fingerprint density at radius 1 is 1.04 bits per heavy atom. The summed E-state index contributed by atoms with van der Waals surface area (Å²) in [6.07, 6.45) is 0.528. The Balaban J connectivity index is 1.51. The molecule has 4 nitrogen and oxygen atoms in total. The fourth-order valence-corrected chi connectivity index (χ4v) is 2.95. The Kier molecular flexibility index (Phi) is 8.04. The highest BCUT2D eigenvalue weighted by Crippen LogP contribution is 2.16. The molecule has 0 aliphatic rings. The van der Waals surface area contributed by atoms with E-state index in [-0.39, 0.29) is 5.91 Å². The normalized spacial score (nSPS) is 10.2. The molecule has 0 bridgehead atoms. The van der Waals surface area contributed by atoms with E-state index in [4.69, 9.17) is 9.47 Å². The molecule has 0 heterocycles. The van der Waals surface area contributed by atoms with E-state index in [1.54, 1.807) is 18.9 Å². The SMILES string of the molecule is COc1ccc(OCCNC(=O)CCSCc2ccccc2)cc1. The second-order valence-electron chi connectivity index (χ2n) is 5.16. The summed E-state index contributed by atoms with van der Waals surface area (Å²) in [7, 11) is 1.63. The topological polar surface area (TPSA) is 47.6 Å². The predicted octanol–water partition coefficient (Wildman–Crippen LogP) is 3.51. The van der Waals surface area contributed by atoms with Gasteiger partial charge in [-0.05, 0) is 29.8 Å². The molecule has 0 atom stereocenters. The first kappa shape index (κ1) is 18.2. The van der Waals surface area contributed by atoms with Crippen LogP contribution in [0.25, 0.3) is 0 Å². The van der Waals surface area contributed by atoms with E-state index >= 15 is 0 Å². The minimum atomic E-state index is 0.0638. The van der Waals surface area contributed by atoms with Crippen LogP contribution >= 0.6 is 11.8 Å². The lowest BCUT2D eigenvalue weighted by Crippen LogP contribution is -2.28. The Bertz CT molecular complexity index is 602. The highest BCUT2D eigenvalue weighted by Gasteiger charge is 2.02. The van der Waals surface area contributed by atoms with Crippen LogP contribution in [-0.4, -0.2) is 31.9 Å². The maximum atomic E-state index is 11.8. The van der Waals surface area contributed by atoms with Crippen LogP contribution in [-0.2, 0) is 10.5 Å². The highest BCUT2D eigenvalue weighted by atomic mass is 32.2. The van der Waals surface area contributed by atoms with Crippen molar-refractivity contribution in [1.29, 1.82) is 0 Å². The zero-order valence-electron chi connectivity index (χ0n) is 13.9. The molecule has 0 aliphatic carbocycles. The molecule has 24 heavy (non-hydrogen) atoms. The Labute approximate surface area is 147 Å². The zero-order valence-corrected chi connectivity index (χ0v) is 14.7. The molecule has 0 radical (unpaired) electrons. The number of thioether (sulfide) groups is 1. The van der Waals surface area contributed by atoms with Crippen molar-refractivity contribution < 1.29 is 14.3 Å². The van der Waals surface area contributed by atoms with Gasteiger partial charge in [0.25, 0.3) is 0 Å². The summed E-state index contributed by atoms with van der Waals surface area (Å²) < 4.78 is 10.7. The van der Waals surface area contributed by atoms with Gasteiger partial charge in [-0.1, -0.05) is 30.3 Å². The smallest absolute Gasteiger partial charge is 0.220 e. The largest absolute Gasteiger partial charge is 0.497 e. The van der Waals surface area contributed by atoms with Crippen LogP contribution in [0.2, 0.25) is 0 Å². The van der Waals surface area contributed by atoms with Crippen LogP contribution in [0.15, 0.2) is 54.6 Å². The Morgan fingerprint density at radius 3 is 2.46 bits per heavy atom. The minimum Gasteiger partial charge on any atom is -0.497 e. The molecule has 0 saturated carbocycles. The Hall–Kier alpha value is -2.14. The first-order valence-corrected chi connectivity index (χ1v) is 9.08. The van der Waals surface area contributed by atoms with E-state index in [0.717, 1.165) is 23.0 Å². The van der Waals surface area contributed by atoms with Crippen LogP contribution in [0.4, 0.5) is 0 Å². The minimum absolute atomic E-state index is 0.0638. The van der Waals surface area contributed by atoms with Gasteiger partial charge in [0.05, 0.1) is 13.7 Å². The fourth-order valence-electron chi connectivity index (χ4n) is 2.05. The van der Waals surface area contributed by atoms with Gasteiger partial charge in [-0.2, -0.15) is 11.8 Å². The summed E-state index contributed by atoms with van der Waals surface area (Å²) >= 11 is 1.77. The third kappa shape index (κ3) is 6.96. The van der Waals surface area contributed by atoms with E-state index in [2.05, 4.69) is 17.4 Å². The summed E-state index contributed by atoms with van der Waals surface area (Å²) in [5.41, 5.74) is 1.29. The van der Waals surface area contributed by atoms with Crippen molar-refractivity contribution in [3.63, 3.8) is 0 Å². The van der Waals surface area contributed by atoms with Gasteiger partial charge in [0.2, 0.25) is 5.91 Å². The first-order valence-electron chi connectivity index (χ1n) is 7.93. The molecule has 2 aromatic carbocycles. The number of hydrogen-bond acceptors (Lipinski definition) is 4. The van der Waals surface area contributed by atoms with Gasteiger partial charge in [0.15, 0.2) is 0 Å². The summed E-state index contributed by atoms with van der Waals surface area (Å²) in [5.74, 6) is 3.38. The van der Waals surface area contributed by atoms with E-state index in [0.29, 0.717) is 19.6 Å². The summed E-state index contributed by atoms with van der Waals surface area (Å²) in [5, 5.41) is 2.87. The van der Waals surface area contributed by atoms with Crippen molar-refractivity contribution in [2.24, 2.45) is 0 Å². The lowest BCUT2D eigenvalue weighted by Gasteiger charge is -2.08. The van der Waals surface area contributed by atoms with Crippen molar-refractivity contribution in [1.82, 2.24) is 5.32 Å². The van der Waals surface area contributed by atoms with Gasteiger partial charge in [0, 0.05) is 17.9 Å². The van der Waals surface area contributed by atoms with Crippen molar-refractivity contribution in [2.45, 2.75) is 12.2 Å². The van der Waals surface area contributed by atoms with E-state index in [9.17, 15) is 4.79 Å². The molecule has 0 saturated heterocycles. The van der Waals surface area contributed by atoms with Crippen molar-refractivity contribution in [2.75, 3.05) is 26.0 Å². The van der Waals surface area contributed by atoms with Crippen molar-refractivity contribution in [3.8, 4) is 11.5 Å². The maximum Gasteiger partial charge on any atom is 0.220 e. The zero-order chi connectivity index (χ0) is 17.0. The van der Waals surface area contributed by atoms with Crippen molar-refractivity contribution >= 4 is 17.7 Å². The molecule has 1 N–H and O–H groups in total. The number of nitrogens with one attached hydrogen (secondary N) is 1. The quantitative estimate of drug-likeness (QED) is 0.670. The van der Waals surface area contributed by atoms with Gasteiger partial charge in [0.1, 0.15) is 18.1 Å². The third-order valence-electron chi connectivity index (χ3n) is 3.34. The maximum absolute atomic E-state index is 11.8. The molecule has 2 rings (SSSR count). The fraction of sp³-hybridized carbons (Fsp3) is 0.316. The molecule has 1 amide bonds. The summed E-state index contributed by atoms with van der Waals surface area (Å²) in [4.78, 5) is 11.8. The second-order valence-corrected chi connectivity index (χ2v) is 6.27. The second kappa shape index (κ2) is 10.6. The number of benzene rings is 2. The van der Waals surface area contributed by atoms with Gasteiger partial charge in [-0.15, -0.1) is 0 Å². The third-order valence-corrected chi connectivity index (χ3v) is 4.37. The number of amides is 1. The lowest BCUT2D eigenvalue weighted by atomic mass is 10.2. The van der Waals surface area contributed by atoms with E-state index < -0.39 is 0 Å². The number of methoxy groups -OCH3 is 1. The molecule has 128 valence electrons. The molecule has 0 unspecified atom stereocenters. The standard InChI is InChI=1S/C19H23NO3S/c1-22-17-7-9-18(10-8-17)23-13-12-20-19(21)11-14-24-15-16-5-3-2-4-6-16/h2-10H,11-15H2,1H3,(H,20,21). The Morgan fingerprint density at radius 2 is 1.75 bits per heavy atom. The molecule has 0 aromatic heterocycles. The van der Waals surface area contributed by atoms with Crippen LogP contribution in [0.5, 0.6) is 11.5 Å². The van der Waals surface area contributed by atoms with Crippen LogP contribution in [0.1, 0.15) is 12.0 Å². The number of carbonyl (C=O) groups is 1. The van der Waals surface area contributed by atoms with Gasteiger partial charge >= 0.3 is 0 Å². The monoisotopic (exact) mass is 345 g/mol. The molecule has 5 heteroatoms. The van der Waals surface area contributed by atoms with E-state index in [1.165, 1.54) is 5.56 Å². The highest BCUT2D eigenvalue weighted by molar-refractivity contribution is 7.98. The number of rotatable bonds is 10. The molecule has 0 aliphatic heterocycles. The van der Waals surface area contributed by atoms with Gasteiger partial charge in [-0.25, -0.2) is 0 Å². The van der Waals surface area contributed by atoms with E-state index in [1.807, 2.05) is 42.5 Å². The summed E-state index contributed by atoms with van der Waals surface area (Å²) in [6, 6.07) is 17.7. The summed E-state index contributed by atoms with van der Waals surface area (Å²) in [6.45, 7) is 0.962. The lowest BCUT2D eigenvalue weighted by molar-refractivity contribution is -0.120. The number of ether oxygens (including phenoxy) is 2. The van der Waals surface area contributed by atoms with Gasteiger partial charge in [-0.3, -0.25) is 4.79 Å². The van der Waals surface area contributed by atoms with Crippen LogP contribution in [0, 0.1) is 0 Å². The molecular formula is C19H23NO3S. The molecule has 2 aromatic rings.